The quantitative estimate of drug-likeness (QED) is 0.326. The van der Waals surface area contributed by atoms with Crippen molar-refractivity contribution >= 4 is 29.1 Å². The van der Waals surface area contributed by atoms with Crippen LogP contribution < -0.4 is 14.2 Å². The number of fused-ring (bicyclic) bond motifs is 1. The van der Waals surface area contributed by atoms with Crippen LogP contribution in [-0.4, -0.2) is 35.6 Å². The zero-order chi connectivity index (χ0) is 23.8. The molecule has 2 aliphatic rings. The van der Waals surface area contributed by atoms with Crippen LogP contribution in [-0.2, 0) is 16.1 Å². The van der Waals surface area contributed by atoms with Gasteiger partial charge in [0.15, 0.2) is 11.5 Å². The molecule has 2 aliphatic heterocycles. The molecule has 7 nitrogen and oxygen atoms in total. The van der Waals surface area contributed by atoms with Crippen LogP contribution in [0.25, 0.3) is 5.76 Å². The molecular formula is C26H20ClNO6. The van der Waals surface area contributed by atoms with Crippen molar-refractivity contribution in [3.63, 3.8) is 0 Å². The zero-order valence-corrected chi connectivity index (χ0v) is 18.9. The molecule has 2 heterocycles. The van der Waals surface area contributed by atoms with Crippen molar-refractivity contribution in [1.29, 1.82) is 0 Å². The molecule has 1 atom stereocenters. The lowest BCUT2D eigenvalue weighted by Crippen LogP contribution is -2.29. The second-order valence-electron chi connectivity index (χ2n) is 7.90. The fourth-order valence-corrected chi connectivity index (χ4v) is 4.39. The Morgan fingerprint density at radius 1 is 1.06 bits per heavy atom. The van der Waals surface area contributed by atoms with Crippen LogP contribution in [0.5, 0.6) is 17.2 Å². The standard InChI is InChI=1S/C26H20ClNO6/c1-32-19-8-6-16(7-9-19)23-22(24(29)17-3-2-4-18(27)12-17)25(30)26(31)28(23)13-15-5-10-20-21(11-15)34-14-33-20/h2-12,23,29H,13-14H2,1H3/b24-22+. The number of carbonyl (C=O) groups excluding carboxylic acids is 2. The molecule has 1 amide bonds. The van der Waals surface area contributed by atoms with Crippen LogP contribution in [0.4, 0.5) is 0 Å². The van der Waals surface area contributed by atoms with E-state index in [4.69, 9.17) is 25.8 Å². The summed E-state index contributed by atoms with van der Waals surface area (Å²) >= 11 is 6.10. The Kier molecular flexibility index (Phi) is 5.63. The number of rotatable bonds is 5. The molecule has 5 rings (SSSR count). The summed E-state index contributed by atoms with van der Waals surface area (Å²) in [4.78, 5) is 27.8. The van der Waals surface area contributed by atoms with Crippen LogP contribution in [0, 0.1) is 0 Å². The smallest absolute Gasteiger partial charge is 0.295 e. The maximum atomic E-state index is 13.2. The van der Waals surface area contributed by atoms with E-state index in [9.17, 15) is 14.7 Å². The van der Waals surface area contributed by atoms with Gasteiger partial charge in [0.2, 0.25) is 6.79 Å². The highest BCUT2D eigenvalue weighted by Gasteiger charge is 2.46. The molecule has 3 aromatic carbocycles. The maximum absolute atomic E-state index is 13.2. The molecule has 0 aliphatic carbocycles. The molecule has 34 heavy (non-hydrogen) atoms. The normalized spacial score (nSPS) is 18.4. The van der Waals surface area contributed by atoms with E-state index in [1.54, 1.807) is 67.8 Å². The Balaban J connectivity index is 1.61. The van der Waals surface area contributed by atoms with Gasteiger partial charge in [-0.05, 0) is 47.5 Å². The number of ether oxygens (including phenoxy) is 3. The number of hydrogen-bond donors (Lipinski definition) is 1. The van der Waals surface area contributed by atoms with E-state index in [-0.39, 0.29) is 24.7 Å². The fraction of sp³-hybridized carbons (Fsp3) is 0.154. The summed E-state index contributed by atoms with van der Waals surface area (Å²) in [7, 11) is 1.56. The van der Waals surface area contributed by atoms with Crippen molar-refractivity contribution in [2.24, 2.45) is 0 Å². The monoisotopic (exact) mass is 477 g/mol. The lowest BCUT2D eigenvalue weighted by atomic mass is 9.95. The number of carbonyl (C=O) groups is 2. The highest BCUT2D eigenvalue weighted by atomic mass is 35.5. The summed E-state index contributed by atoms with van der Waals surface area (Å²) in [5.41, 5.74) is 1.77. The largest absolute Gasteiger partial charge is 0.507 e. The van der Waals surface area contributed by atoms with Gasteiger partial charge in [0.1, 0.15) is 11.5 Å². The van der Waals surface area contributed by atoms with Gasteiger partial charge < -0.3 is 24.2 Å². The van der Waals surface area contributed by atoms with Gasteiger partial charge in [0.25, 0.3) is 11.7 Å². The topological polar surface area (TPSA) is 85.3 Å². The molecule has 8 heteroatoms. The summed E-state index contributed by atoms with van der Waals surface area (Å²) in [6.45, 7) is 0.263. The number of likely N-dealkylation sites (tertiary alicyclic amines) is 1. The Morgan fingerprint density at radius 3 is 2.56 bits per heavy atom. The van der Waals surface area contributed by atoms with Crippen molar-refractivity contribution in [2.45, 2.75) is 12.6 Å². The first-order valence-electron chi connectivity index (χ1n) is 10.5. The van der Waals surface area contributed by atoms with Gasteiger partial charge in [-0.2, -0.15) is 0 Å². The van der Waals surface area contributed by atoms with Crippen LogP contribution >= 0.6 is 11.6 Å². The average Bonchev–Trinajstić information content (AvgIpc) is 3.41. The zero-order valence-electron chi connectivity index (χ0n) is 18.2. The first-order valence-corrected chi connectivity index (χ1v) is 10.9. The first kappa shape index (κ1) is 21.9. The van der Waals surface area contributed by atoms with Gasteiger partial charge in [0.05, 0.1) is 18.7 Å². The second kappa shape index (κ2) is 8.76. The van der Waals surface area contributed by atoms with Crippen molar-refractivity contribution < 1.29 is 28.9 Å². The number of amides is 1. The van der Waals surface area contributed by atoms with Crippen LogP contribution in [0.2, 0.25) is 5.02 Å². The number of aliphatic hydroxyl groups excluding tert-OH is 1. The van der Waals surface area contributed by atoms with Crippen molar-refractivity contribution in [2.75, 3.05) is 13.9 Å². The first-order chi connectivity index (χ1) is 16.5. The van der Waals surface area contributed by atoms with Crippen LogP contribution in [0.1, 0.15) is 22.7 Å². The Hall–Kier alpha value is -3.97. The molecule has 0 radical (unpaired) electrons. The van der Waals surface area contributed by atoms with E-state index < -0.39 is 17.7 Å². The summed E-state index contributed by atoms with van der Waals surface area (Å²) in [5, 5.41) is 11.5. The van der Waals surface area contributed by atoms with Gasteiger partial charge >= 0.3 is 0 Å². The number of methoxy groups -OCH3 is 1. The molecule has 0 bridgehead atoms. The Bertz CT molecular complexity index is 1320. The molecule has 0 saturated carbocycles. The summed E-state index contributed by atoms with van der Waals surface area (Å²) in [6.07, 6.45) is 0. The highest BCUT2D eigenvalue weighted by molar-refractivity contribution is 6.46. The minimum absolute atomic E-state index is 0.00169. The Morgan fingerprint density at radius 2 is 1.82 bits per heavy atom. The molecule has 0 spiro atoms. The second-order valence-corrected chi connectivity index (χ2v) is 8.33. The van der Waals surface area contributed by atoms with E-state index >= 15 is 0 Å². The van der Waals surface area contributed by atoms with Gasteiger partial charge in [-0.15, -0.1) is 0 Å². The molecule has 1 saturated heterocycles. The molecule has 0 aromatic heterocycles. The predicted molar refractivity (Wildman–Crippen MR) is 125 cm³/mol. The number of aliphatic hydroxyl groups is 1. The van der Waals surface area contributed by atoms with Gasteiger partial charge in [-0.25, -0.2) is 0 Å². The molecular weight excluding hydrogens is 458 g/mol. The summed E-state index contributed by atoms with van der Waals surface area (Å²) in [5.74, 6) is 0.0785. The highest BCUT2D eigenvalue weighted by Crippen LogP contribution is 2.41. The number of Topliss-reactive ketones (excluding diaryl/α,β-unsaturated/α-hetero) is 1. The SMILES string of the molecule is COc1ccc(C2/C(=C(\O)c3cccc(Cl)c3)C(=O)C(=O)N2Cc2ccc3c(c2)OCO3)cc1. The molecule has 1 N–H and O–H groups in total. The van der Waals surface area contributed by atoms with E-state index in [0.717, 1.165) is 5.56 Å². The van der Waals surface area contributed by atoms with E-state index in [2.05, 4.69) is 0 Å². The maximum Gasteiger partial charge on any atom is 0.295 e. The summed E-state index contributed by atoms with van der Waals surface area (Å²) in [6, 6.07) is 18.1. The third-order valence-electron chi connectivity index (χ3n) is 5.86. The minimum Gasteiger partial charge on any atom is -0.507 e. The molecule has 1 fully saturated rings. The minimum atomic E-state index is -0.810. The molecule has 172 valence electrons. The number of halogens is 1. The fourth-order valence-electron chi connectivity index (χ4n) is 4.20. The van der Waals surface area contributed by atoms with Gasteiger partial charge in [0, 0.05) is 17.1 Å². The number of hydrogen-bond acceptors (Lipinski definition) is 6. The molecule has 3 aromatic rings. The van der Waals surface area contributed by atoms with Crippen molar-refractivity contribution in [3.05, 3.63) is 94.0 Å². The van der Waals surface area contributed by atoms with E-state index in [1.807, 2.05) is 6.07 Å². The summed E-state index contributed by atoms with van der Waals surface area (Å²) < 4.78 is 16.1. The van der Waals surface area contributed by atoms with Crippen molar-refractivity contribution in [3.8, 4) is 17.2 Å². The number of nitrogens with zero attached hydrogens (tertiary/aromatic N) is 1. The third kappa shape index (κ3) is 3.84. The third-order valence-corrected chi connectivity index (χ3v) is 6.09. The van der Waals surface area contributed by atoms with Crippen LogP contribution in [0.3, 0.4) is 0 Å². The average molecular weight is 478 g/mol. The number of ketones is 1. The van der Waals surface area contributed by atoms with Gasteiger partial charge in [-0.3, -0.25) is 9.59 Å². The van der Waals surface area contributed by atoms with Crippen LogP contribution in [0.15, 0.2) is 72.3 Å². The van der Waals surface area contributed by atoms with E-state index in [1.165, 1.54) is 4.90 Å². The predicted octanol–water partition coefficient (Wildman–Crippen LogP) is 4.70. The number of benzene rings is 3. The van der Waals surface area contributed by atoms with E-state index in [0.29, 0.717) is 33.4 Å². The lowest BCUT2D eigenvalue weighted by molar-refractivity contribution is -0.140. The lowest BCUT2D eigenvalue weighted by Gasteiger charge is -2.25. The van der Waals surface area contributed by atoms with Crippen molar-refractivity contribution in [1.82, 2.24) is 4.90 Å². The molecule has 1 unspecified atom stereocenters. The Labute approximate surface area is 200 Å². The van der Waals surface area contributed by atoms with Gasteiger partial charge in [-0.1, -0.05) is 41.9 Å².